The van der Waals surface area contributed by atoms with Crippen molar-refractivity contribution in [3.63, 3.8) is 0 Å². The van der Waals surface area contributed by atoms with Crippen LogP contribution in [-0.2, 0) is 6.18 Å². The normalized spacial score (nSPS) is 26.1. The first-order valence-electron chi connectivity index (χ1n) is 6.66. The van der Waals surface area contributed by atoms with E-state index in [1.165, 1.54) is 10.7 Å². The van der Waals surface area contributed by atoms with Gasteiger partial charge in [0.05, 0.1) is 28.4 Å². The number of aryl methyl sites for hydroxylation is 1. The van der Waals surface area contributed by atoms with Gasteiger partial charge in [-0.15, -0.1) is 0 Å². The molecule has 110 valence electrons. The van der Waals surface area contributed by atoms with E-state index in [0.29, 0.717) is 23.9 Å². The topological polar surface area (TPSA) is 38.0 Å². The van der Waals surface area contributed by atoms with Crippen LogP contribution in [0, 0.1) is 6.92 Å². The first-order chi connectivity index (χ1) is 9.58. The van der Waals surface area contributed by atoms with Crippen LogP contribution in [0.3, 0.4) is 0 Å². The van der Waals surface area contributed by atoms with Gasteiger partial charge < -0.3 is 5.11 Å². The monoisotopic (exact) mass is 294 g/mol. The Balaban J connectivity index is 2.23. The Labute approximate surface area is 121 Å². The number of hydrogen-bond donors (Lipinski definition) is 1. The van der Waals surface area contributed by atoms with Crippen LogP contribution in [0.5, 0.6) is 0 Å². The zero-order valence-corrected chi connectivity index (χ0v) is 11.7. The molecule has 1 aromatic carbocycles. The molecule has 1 N–H and O–H groups in total. The van der Waals surface area contributed by atoms with Crippen LogP contribution in [0.2, 0.25) is 0 Å². The van der Waals surface area contributed by atoms with Crippen LogP contribution in [0.1, 0.15) is 37.1 Å². The molecule has 7 heteroatoms. The molecule has 0 aliphatic heterocycles. The van der Waals surface area contributed by atoms with Crippen LogP contribution in [0.15, 0.2) is 12.1 Å². The zero-order chi connectivity index (χ0) is 15.6. The van der Waals surface area contributed by atoms with Crippen LogP contribution >= 0.6 is 0 Å². The summed E-state index contributed by atoms with van der Waals surface area (Å²) >= 11 is 0. The van der Waals surface area contributed by atoms with E-state index in [1.807, 2.05) is 0 Å². The molecular weight excluding hydrogens is 280 g/mol. The average Bonchev–Trinajstić information content (AvgIpc) is 2.61. The van der Waals surface area contributed by atoms with E-state index in [-0.39, 0.29) is 17.0 Å². The Bertz CT molecular complexity index is 713. The van der Waals surface area contributed by atoms with E-state index >= 15 is 0 Å². The van der Waals surface area contributed by atoms with Crippen LogP contribution in [0.25, 0.3) is 10.9 Å². The highest BCUT2D eigenvalue weighted by Crippen LogP contribution is 2.44. The van der Waals surface area contributed by atoms with Gasteiger partial charge in [-0.25, -0.2) is 0 Å². The van der Waals surface area contributed by atoms with Crippen molar-refractivity contribution in [2.75, 3.05) is 0 Å². The number of fused-ring (bicyclic) bond motifs is 1. The minimum Gasteiger partial charge on any atom is -0.390 e. The highest BCUT2D eigenvalue weighted by atomic mass is 19.4. The van der Waals surface area contributed by atoms with E-state index < -0.39 is 17.3 Å². The minimum atomic E-state index is -4.50. The molecule has 3 nitrogen and oxygen atoms in total. The molecule has 2 radical (unpaired) electrons. The number of aliphatic hydroxyl groups is 1. The molecule has 0 amide bonds. The molecule has 1 saturated carbocycles. The summed E-state index contributed by atoms with van der Waals surface area (Å²) in [7, 11) is 5.59. The van der Waals surface area contributed by atoms with E-state index in [2.05, 4.69) is 5.10 Å². The second-order valence-electron chi connectivity index (χ2n) is 6.05. The van der Waals surface area contributed by atoms with Crippen molar-refractivity contribution < 1.29 is 18.3 Å². The van der Waals surface area contributed by atoms with Gasteiger partial charge in [0.25, 0.3) is 0 Å². The molecule has 1 aromatic heterocycles. The minimum absolute atomic E-state index is 0.0506. The number of rotatable bonds is 1. The summed E-state index contributed by atoms with van der Waals surface area (Å²) in [5.41, 5.74) is -0.977. The van der Waals surface area contributed by atoms with Crippen molar-refractivity contribution >= 4 is 24.2 Å². The van der Waals surface area contributed by atoms with Gasteiger partial charge in [0.15, 0.2) is 0 Å². The fraction of sp³-hybridized carbons (Fsp3) is 0.500. The molecule has 21 heavy (non-hydrogen) atoms. The molecule has 0 unspecified atom stereocenters. The maximum absolute atomic E-state index is 13.3. The Morgan fingerprint density at radius 2 is 2.00 bits per heavy atom. The van der Waals surface area contributed by atoms with Crippen LogP contribution in [-0.4, -0.2) is 28.3 Å². The zero-order valence-electron chi connectivity index (χ0n) is 11.7. The number of benzene rings is 1. The Morgan fingerprint density at radius 1 is 1.38 bits per heavy atom. The summed E-state index contributed by atoms with van der Waals surface area (Å²) in [5, 5.41) is 14.5. The van der Waals surface area contributed by atoms with E-state index in [0.717, 1.165) is 6.07 Å². The van der Waals surface area contributed by atoms with Crippen molar-refractivity contribution in [2.45, 2.75) is 44.5 Å². The fourth-order valence-electron chi connectivity index (χ4n) is 3.05. The van der Waals surface area contributed by atoms with Gasteiger partial charge in [0.2, 0.25) is 0 Å². The number of halogens is 3. The molecule has 1 heterocycles. The SMILES string of the molecule is [B]c1cc(C(F)(F)F)c2c(c1)c(C)nn2C1CC(C)(O)C1. The molecular formula is C14H14BF3N2O. The number of alkyl halides is 3. The predicted molar refractivity (Wildman–Crippen MR) is 73.8 cm³/mol. The molecule has 0 atom stereocenters. The largest absolute Gasteiger partial charge is 0.418 e. The van der Waals surface area contributed by atoms with Crippen molar-refractivity contribution in [1.82, 2.24) is 9.78 Å². The summed E-state index contributed by atoms with van der Waals surface area (Å²) in [6.45, 7) is 3.33. The highest BCUT2D eigenvalue weighted by molar-refractivity contribution is 6.33. The third-order valence-electron chi connectivity index (χ3n) is 4.01. The van der Waals surface area contributed by atoms with Crippen molar-refractivity contribution in [2.24, 2.45) is 0 Å². The second kappa shape index (κ2) is 4.26. The Hall–Kier alpha value is -1.50. The average molecular weight is 294 g/mol. The summed E-state index contributed by atoms with van der Waals surface area (Å²) in [6, 6.07) is 2.23. The highest BCUT2D eigenvalue weighted by Gasteiger charge is 2.42. The molecule has 1 fully saturated rings. The summed E-state index contributed by atoms with van der Waals surface area (Å²) < 4.78 is 41.2. The molecule has 0 saturated heterocycles. The summed E-state index contributed by atoms with van der Waals surface area (Å²) in [6.07, 6.45) is -3.71. The third-order valence-corrected chi connectivity index (χ3v) is 4.01. The third kappa shape index (κ3) is 2.33. The first-order valence-corrected chi connectivity index (χ1v) is 6.66. The maximum atomic E-state index is 13.3. The van der Waals surface area contributed by atoms with Gasteiger partial charge in [0, 0.05) is 5.39 Å². The van der Waals surface area contributed by atoms with Gasteiger partial charge in [-0.2, -0.15) is 18.3 Å². The number of aromatic nitrogens is 2. The lowest BCUT2D eigenvalue weighted by atomic mass is 9.77. The second-order valence-corrected chi connectivity index (χ2v) is 6.05. The molecule has 0 spiro atoms. The molecule has 3 rings (SSSR count). The molecule has 1 aliphatic carbocycles. The molecule has 0 bridgehead atoms. The first kappa shape index (κ1) is 14.4. The number of hydrogen-bond acceptors (Lipinski definition) is 2. The Morgan fingerprint density at radius 3 is 2.52 bits per heavy atom. The van der Waals surface area contributed by atoms with E-state index in [9.17, 15) is 18.3 Å². The van der Waals surface area contributed by atoms with Gasteiger partial charge in [-0.3, -0.25) is 4.68 Å². The van der Waals surface area contributed by atoms with E-state index in [4.69, 9.17) is 7.85 Å². The Kier molecular flexibility index (Phi) is 2.93. The van der Waals surface area contributed by atoms with Crippen LogP contribution in [0.4, 0.5) is 13.2 Å². The van der Waals surface area contributed by atoms with E-state index in [1.54, 1.807) is 13.8 Å². The number of nitrogens with zero attached hydrogens (tertiary/aromatic N) is 2. The quantitative estimate of drug-likeness (QED) is 0.819. The fourth-order valence-corrected chi connectivity index (χ4v) is 3.05. The summed E-state index contributed by atoms with van der Waals surface area (Å²) in [4.78, 5) is 0. The van der Waals surface area contributed by atoms with Gasteiger partial charge in [0.1, 0.15) is 7.85 Å². The van der Waals surface area contributed by atoms with Crippen molar-refractivity contribution in [3.8, 4) is 0 Å². The lowest BCUT2D eigenvalue weighted by Gasteiger charge is -2.41. The molecule has 2 aromatic rings. The van der Waals surface area contributed by atoms with Crippen LogP contribution < -0.4 is 5.46 Å². The maximum Gasteiger partial charge on any atom is 0.418 e. The van der Waals surface area contributed by atoms with Gasteiger partial charge in [-0.1, -0.05) is 17.6 Å². The van der Waals surface area contributed by atoms with Crippen molar-refractivity contribution in [3.05, 3.63) is 23.4 Å². The predicted octanol–water partition coefficient (Wildman–Crippen LogP) is 2.24. The van der Waals surface area contributed by atoms with Gasteiger partial charge in [-0.05, 0) is 26.7 Å². The molecule has 1 aliphatic rings. The standard InChI is InChI=1S/C14H14BF3N2O/c1-7-10-3-8(15)4-11(14(16,17)18)12(10)20(19-7)9-5-13(2,21)6-9/h3-4,9,21H,5-6H2,1-2H3. The lowest BCUT2D eigenvalue weighted by Crippen LogP contribution is -2.42. The van der Waals surface area contributed by atoms with Gasteiger partial charge >= 0.3 is 6.18 Å². The summed E-state index contributed by atoms with van der Waals surface area (Å²) in [5.74, 6) is 0. The smallest absolute Gasteiger partial charge is 0.390 e. The lowest BCUT2D eigenvalue weighted by molar-refractivity contribution is -0.136. The van der Waals surface area contributed by atoms with Crippen molar-refractivity contribution in [1.29, 1.82) is 0 Å².